The largest absolute Gasteiger partial charge is 0.488 e. The van der Waals surface area contributed by atoms with Gasteiger partial charge in [-0.05, 0) is 79.1 Å². The van der Waals surface area contributed by atoms with Crippen LogP contribution in [0.3, 0.4) is 0 Å². The lowest BCUT2D eigenvalue weighted by Crippen LogP contribution is -2.42. The molecule has 2 aromatic carbocycles. The van der Waals surface area contributed by atoms with E-state index in [-0.39, 0.29) is 18.1 Å². The van der Waals surface area contributed by atoms with Crippen LogP contribution in [-0.4, -0.2) is 76.9 Å². The lowest BCUT2D eigenvalue weighted by Gasteiger charge is -2.38. The second-order valence-electron chi connectivity index (χ2n) is 11.6. The number of hydrogen-bond donors (Lipinski definition) is 1. The van der Waals surface area contributed by atoms with Crippen molar-refractivity contribution in [3.8, 4) is 28.7 Å². The zero-order chi connectivity index (χ0) is 31.3. The number of ether oxygens (including phenoxy) is 4. The Morgan fingerprint density at radius 3 is 2.67 bits per heavy atom. The Bertz CT molecular complexity index is 1660. The number of nitrogens with zero attached hydrogens (tertiary/aromatic N) is 4. The minimum atomic E-state index is -1.13. The fourth-order valence-corrected chi connectivity index (χ4v) is 6.32. The molecular weight excluding hydrogens is 572 g/mol. The van der Waals surface area contributed by atoms with Crippen LogP contribution in [0.4, 0.5) is 0 Å². The first-order chi connectivity index (χ1) is 21.9. The van der Waals surface area contributed by atoms with Crippen molar-refractivity contribution in [3.63, 3.8) is 0 Å². The lowest BCUT2D eigenvalue weighted by atomic mass is 9.90. The fraction of sp³-hybridized carbons (Fsp3) is 0.400. The van der Waals surface area contributed by atoms with Crippen molar-refractivity contribution in [3.05, 3.63) is 88.1 Å². The summed E-state index contributed by atoms with van der Waals surface area (Å²) in [5.74, 6) is 0.158. The predicted octanol–water partition coefficient (Wildman–Crippen LogP) is 5.39. The molecule has 10 nitrogen and oxygen atoms in total. The third kappa shape index (κ3) is 6.58. The molecule has 4 aromatic rings. The van der Waals surface area contributed by atoms with Gasteiger partial charge in [-0.25, -0.2) is 9.78 Å². The van der Waals surface area contributed by atoms with E-state index >= 15 is 0 Å². The number of pyridine rings is 1. The maximum Gasteiger partial charge on any atom is 0.342 e. The van der Waals surface area contributed by atoms with E-state index in [1.165, 1.54) is 33.1 Å². The summed E-state index contributed by atoms with van der Waals surface area (Å²) >= 11 is 0. The molecule has 0 atom stereocenters. The van der Waals surface area contributed by atoms with Crippen LogP contribution in [0.1, 0.15) is 51.0 Å². The maximum atomic E-state index is 11.8. The normalized spacial score (nSPS) is 15.5. The van der Waals surface area contributed by atoms with Crippen molar-refractivity contribution >= 4 is 5.97 Å². The van der Waals surface area contributed by atoms with Crippen molar-refractivity contribution in [2.75, 3.05) is 40.1 Å². The molecule has 0 bridgehead atoms. The smallest absolute Gasteiger partial charge is 0.342 e. The molecule has 1 N–H and O–H groups in total. The first-order valence-corrected chi connectivity index (χ1v) is 15.5. The van der Waals surface area contributed by atoms with Gasteiger partial charge < -0.3 is 24.1 Å². The second kappa shape index (κ2) is 13.8. The minimum Gasteiger partial charge on any atom is -0.488 e. The minimum absolute atomic E-state index is 0.0467. The molecule has 0 amide bonds. The number of carboxylic acids is 1. The second-order valence-corrected chi connectivity index (χ2v) is 11.6. The lowest BCUT2D eigenvalue weighted by molar-refractivity contribution is 0.0290. The summed E-state index contributed by atoms with van der Waals surface area (Å²) in [5, 5.41) is 14.0. The summed E-state index contributed by atoms with van der Waals surface area (Å²) in [5.41, 5.74) is 7.82. The molecule has 1 fully saturated rings. The van der Waals surface area contributed by atoms with Crippen LogP contribution in [0.25, 0.3) is 17.1 Å². The standard InChI is InChI=1S/C35H40N4O6/c1-23-6-4-7-29(31-8-5-9-32(37-31)39-34(44-19-18-42-3)30(20-36-39)35(40)41)33(23)45-22-26-11-10-25-21-38(15-12-28(25)24(26)2)27-13-16-43-17-14-27/h4-11,20,27H,12-19,21-22H2,1-3H3,(H,40,41). The maximum absolute atomic E-state index is 11.8. The van der Waals surface area contributed by atoms with Gasteiger partial charge in [-0.1, -0.05) is 30.3 Å². The number of benzene rings is 2. The van der Waals surface area contributed by atoms with Crippen LogP contribution < -0.4 is 9.47 Å². The number of methoxy groups -OCH3 is 1. The molecule has 0 spiro atoms. The summed E-state index contributed by atoms with van der Waals surface area (Å²) in [6.45, 7) is 8.97. The number of aryl methyl sites for hydroxylation is 1. The Hall–Kier alpha value is -4.25. The molecular formula is C35H40N4O6. The first kappa shape index (κ1) is 30.8. The van der Waals surface area contributed by atoms with Gasteiger partial charge in [-0.3, -0.25) is 4.90 Å². The molecule has 45 heavy (non-hydrogen) atoms. The molecule has 0 aliphatic carbocycles. The van der Waals surface area contributed by atoms with E-state index in [0.717, 1.165) is 62.4 Å². The fourth-order valence-electron chi connectivity index (χ4n) is 6.32. The van der Waals surface area contributed by atoms with Gasteiger partial charge in [0, 0.05) is 45.0 Å². The third-order valence-electron chi connectivity index (χ3n) is 8.83. The quantitative estimate of drug-likeness (QED) is 0.223. The topological polar surface area (TPSA) is 108 Å². The van der Waals surface area contributed by atoms with Crippen LogP contribution >= 0.6 is 0 Å². The van der Waals surface area contributed by atoms with Gasteiger partial charge in [-0.2, -0.15) is 9.78 Å². The van der Waals surface area contributed by atoms with Gasteiger partial charge in [0.25, 0.3) is 0 Å². The van der Waals surface area contributed by atoms with Gasteiger partial charge in [0.05, 0.1) is 18.5 Å². The summed E-state index contributed by atoms with van der Waals surface area (Å²) in [6.07, 6.45) is 4.55. The van der Waals surface area contributed by atoms with Gasteiger partial charge in [-0.15, -0.1) is 0 Å². The van der Waals surface area contributed by atoms with E-state index in [1.54, 1.807) is 13.2 Å². The molecule has 236 valence electrons. The number of para-hydroxylation sites is 1. The highest BCUT2D eigenvalue weighted by Gasteiger charge is 2.27. The number of aromatic nitrogens is 3. The molecule has 10 heteroatoms. The van der Waals surface area contributed by atoms with Crippen LogP contribution in [0.5, 0.6) is 11.6 Å². The number of rotatable bonds is 11. The number of carbonyl (C=O) groups is 1. The van der Waals surface area contributed by atoms with E-state index in [0.29, 0.717) is 30.8 Å². The number of carboxylic acid groups (broad SMARTS) is 1. The Morgan fingerprint density at radius 1 is 1.04 bits per heavy atom. The number of aromatic carboxylic acids is 1. The predicted molar refractivity (Wildman–Crippen MR) is 169 cm³/mol. The van der Waals surface area contributed by atoms with Gasteiger partial charge in [0.2, 0.25) is 5.88 Å². The van der Waals surface area contributed by atoms with Crippen molar-refractivity contribution in [1.29, 1.82) is 0 Å². The van der Waals surface area contributed by atoms with Crippen molar-refractivity contribution in [1.82, 2.24) is 19.7 Å². The molecule has 6 rings (SSSR count). The van der Waals surface area contributed by atoms with Gasteiger partial charge in [0.1, 0.15) is 24.5 Å². The zero-order valence-electron chi connectivity index (χ0n) is 26.1. The van der Waals surface area contributed by atoms with Crippen molar-refractivity contribution in [2.45, 2.75) is 52.3 Å². The molecule has 2 aliphatic heterocycles. The summed E-state index contributed by atoms with van der Waals surface area (Å²) in [6, 6.07) is 16.6. The van der Waals surface area contributed by atoms with Crippen LogP contribution in [-0.2, 0) is 29.0 Å². The molecule has 0 unspecified atom stereocenters. The van der Waals surface area contributed by atoms with Gasteiger partial charge >= 0.3 is 5.97 Å². The molecule has 0 radical (unpaired) electrons. The Balaban J connectivity index is 1.23. The summed E-state index contributed by atoms with van der Waals surface area (Å²) in [7, 11) is 1.56. The van der Waals surface area contributed by atoms with Crippen LogP contribution in [0.15, 0.2) is 54.7 Å². The van der Waals surface area contributed by atoms with Crippen LogP contribution in [0, 0.1) is 13.8 Å². The molecule has 0 saturated carbocycles. The Kier molecular flexibility index (Phi) is 9.44. The van der Waals surface area contributed by atoms with E-state index in [4.69, 9.17) is 23.9 Å². The van der Waals surface area contributed by atoms with E-state index in [1.807, 2.05) is 37.3 Å². The van der Waals surface area contributed by atoms with Crippen molar-refractivity contribution in [2.24, 2.45) is 0 Å². The Morgan fingerprint density at radius 2 is 1.87 bits per heavy atom. The Labute approximate surface area is 263 Å². The van der Waals surface area contributed by atoms with E-state index < -0.39 is 5.97 Å². The molecule has 4 heterocycles. The zero-order valence-corrected chi connectivity index (χ0v) is 26.1. The molecule has 2 aliphatic rings. The number of fused-ring (bicyclic) bond motifs is 1. The van der Waals surface area contributed by atoms with Crippen LogP contribution in [0.2, 0.25) is 0 Å². The van der Waals surface area contributed by atoms with E-state index in [9.17, 15) is 9.90 Å². The van der Waals surface area contributed by atoms with Crippen molar-refractivity contribution < 1.29 is 28.8 Å². The third-order valence-corrected chi connectivity index (χ3v) is 8.83. The monoisotopic (exact) mass is 612 g/mol. The average Bonchev–Trinajstić information content (AvgIpc) is 3.50. The summed E-state index contributed by atoms with van der Waals surface area (Å²) < 4.78 is 24.4. The highest BCUT2D eigenvalue weighted by molar-refractivity contribution is 5.90. The van der Waals surface area contributed by atoms with E-state index in [2.05, 4.69) is 29.1 Å². The number of hydrogen-bond acceptors (Lipinski definition) is 8. The highest BCUT2D eigenvalue weighted by atomic mass is 16.5. The highest BCUT2D eigenvalue weighted by Crippen LogP contribution is 2.35. The average molecular weight is 613 g/mol. The van der Waals surface area contributed by atoms with Gasteiger partial charge in [0.15, 0.2) is 5.82 Å². The molecule has 1 saturated heterocycles. The SMILES string of the molecule is COCCOc1c(C(=O)O)cnn1-c1cccc(-c2cccc(C)c2OCc2ccc3c(c2C)CCN(C2CCOCC2)C3)n1. The molecule has 2 aromatic heterocycles. The first-order valence-electron chi connectivity index (χ1n) is 15.5. The summed E-state index contributed by atoms with van der Waals surface area (Å²) in [4.78, 5) is 19.3.